The maximum Gasteiger partial charge on any atom is 0.207 e. The lowest BCUT2D eigenvalue weighted by Crippen LogP contribution is -2.10. The van der Waals surface area contributed by atoms with Crippen LogP contribution in [0.1, 0.15) is 5.56 Å². The van der Waals surface area contributed by atoms with Crippen LogP contribution in [0.25, 0.3) is 0 Å². The molecule has 0 heterocycles. The van der Waals surface area contributed by atoms with Crippen molar-refractivity contribution in [2.24, 2.45) is 0 Å². The molecule has 0 saturated heterocycles. The number of carbonyl (C=O) groups excluding carboxylic acids is 1. The van der Waals surface area contributed by atoms with E-state index in [1.807, 2.05) is 0 Å². The van der Waals surface area contributed by atoms with Crippen LogP contribution in [-0.4, -0.2) is 6.41 Å². The van der Waals surface area contributed by atoms with Gasteiger partial charge in [-0.3, -0.25) is 4.79 Å². The zero-order valence-corrected chi connectivity index (χ0v) is 7.77. The molecule has 1 rings (SSSR count). The molecule has 0 fully saturated rings. The van der Waals surface area contributed by atoms with Crippen molar-refractivity contribution in [3.05, 3.63) is 34.1 Å². The molecule has 0 aromatic heterocycles. The van der Waals surface area contributed by atoms with Gasteiger partial charge in [0.25, 0.3) is 0 Å². The van der Waals surface area contributed by atoms with Gasteiger partial charge in [0.15, 0.2) is 0 Å². The maximum atomic E-state index is 12.9. The van der Waals surface area contributed by atoms with Crippen molar-refractivity contribution in [2.75, 3.05) is 0 Å². The third kappa shape index (κ3) is 2.30. The smallest absolute Gasteiger partial charge is 0.207 e. The van der Waals surface area contributed by atoms with Crippen molar-refractivity contribution in [3.8, 4) is 0 Å². The molecule has 2 nitrogen and oxygen atoms in total. The van der Waals surface area contributed by atoms with E-state index in [1.165, 1.54) is 6.07 Å². The van der Waals surface area contributed by atoms with Crippen LogP contribution < -0.4 is 5.32 Å². The Labute approximate surface area is 77.9 Å². The fourth-order valence-corrected chi connectivity index (χ4v) is 1.24. The third-order valence-corrected chi connectivity index (χ3v) is 1.88. The van der Waals surface area contributed by atoms with E-state index in [1.54, 1.807) is 12.1 Å². The summed E-state index contributed by atoms with van der Waals surface area (Å²) in [6.45, 7) is 0.217. The average Bonchev–Trinajstić information content (AvgIpc) is 2.07. The lowest BCUT2D eigenvalue weighted by Gasteiger charge is -2.01. The van der Waals surface area contributed by atoms with E-state index in [4.69, 9.17) is 0 Å². The first-order chi connectivity index (χ1) is 5.74. The molecule has 0 bridgehead atoms. The van der Waals surface area contributed by atoms with Gasteiger partial charge in [0, 0.05) is 16.6 Å². The van der Waals surface area contributed by atoms with Gasteiger partial charge in [0.05, 0.1) is 0 Å². The van der Waals surface area contributed by atoms with Crippen LogP contribution in [0, 0.1) is 5.82 Å². The average molecular weight is 232 g/mol. The first-order valence-corrected chi connectivity index (χ1v) is 4.14. The molecule has 0 atom stereocenters. The van der Waals surface area contributed by atoms with Gasteiger partial charge < -0.3 is 5.32 Å². The molecule has 1 aromatic carbocycles. The van der Waals surface area contributed by atoms with Gasteiger partial charge in [-0.25, -0.2) is 4.39 Å². The van der Waals surface area contributed by atoms with Gasteiger partial charge >= 0.3 is 0 Å². The van der Waals surface area contributed by atoms with Crippen molar-refractivity contribution in [1.82, 2.24) is 5.32 Å². The van der Waals surface area contributed by atoms with Gasteiger partial charge in [-0.1, -0.05) is 15.9 Å². The SMILES string of the molecule is O=CNCc1cc(Br)ccc1F. The van der Waals surface area contributed by atoms with Gasteiger partial charge in [-0.05, 0) is 18.2 Å². The lowest BCUT2D eigenvalue weighted by molar-refractivity contribution is -0.109. The second-order valence-corrected chi connectivity index (χ2v) is 3.15. The molecule has 1 amide bonds. The fraction of sp³-hybridized carbons (Fsp3) is 0.125. The summed E-state index contributed by atoms with van der Waals surface area (Å²) in [6.07, 6.45) is 0.542. The number of benzene rings is 1. The Hall–Kier alpha value is -0.900. The van der Waals surface area contributed by atoms with Gasteiger partial charge in [0.1, 0.15) is 5.82 Å². The number of nitrogens with one attached hydrogen (secondary N) is 1. The molecule has 12 heavy (non-hydrogen) atoms. The predicted octanol–water partition coefficient (Wildman–Crippen LogP) is 1.83. The highest BCUT2D eigenvalue weighted by Crippen LogP contribution is 2.14. The third-order valence-electron chi connectivity index (χ3n) is 1.38. The summed E-state index contributed by atoms with van der Waals surface area (Å²) < 4.78 is 13.7. The largest absolute Gasteiger partial charge is 0.354 e. The molecular formula is C8H7BrFNO. The molecule has 0 radical (unpaired) electrons. The Bertz CT molecular complexity index is 290. The summed E-state index contributed by atoms with van der Waals surface area (Å²) >= 11 is 3.21. The molecule has 0 unspecified atom stereocenters. The standard InChI is InChI=1S/C8H7BrFNO/c9-7-1-2-8(10)6(3-7)4-11-5-12/h1-3,5H,4H2,(H,11,12). The van der Waals surface area contributed by atoms with Crippen molar-refractivity contribution in [2.45, 2.75) is 6.54 Å². The van der Waals surface area contributed by atoms with Crippen molar-refractivity contribution in [1.29, 1.82) is 0 Å². The highest BCUT2D eigenvalue weighted by Gasteiger charge is 2.00. The predicted molar refractivity (Wildman–Crippen MR) is 47.0 cm³/mol. The summed E-state index contributed by atoms with van der Waals surface area (Å²) in [6, 6.07) is 4.59. The van der Waals surface area contributed by atoms with Gasteiger partial charge in [-0.15, -0.1) is 0 Å². The zero-order valence-electron chi connectivity index (χ0n) is 6.18. The summed E-state index contributed by atoms with van der Waals surface area (Å²) in [4.78, 5) is 9.93. The van der Waals surface area contributed by atoms with E-state index < -0.39 is 0 Å². The molecule has 4 heteroatoms. The topological polar surface area (TPSA) is 29.1 Å². The molecule has 0 aliphatic carbocycles. The van der Waals surface area contributed by atoms with E-state index in [9.17, 15) is 9.18 Å². The Morgan fingerprint density at radius 3 is 3.00 bits per heavy atom. The van der Waals surface area contributed by atoms with Crippen LogP contribution in [0.5, 0.6) is 0 Å². The maximum absolute atomic E-state index is 12.9. The van der Waals surface area contributed by atoms with E-state index in [-0.39, 0.29) is 12.4 Å². The van der Waals surface area contributed by atoms with E-state index in [0.29, 0.717) is 12.0 Å². The number of halogens is 2. The normalized spacial score (nSPS) is 9.50. The summed E-state index contributed by atoms with van der Waals surface area (Å²) in [7, 11) is 0. The van der Waals surface area contributed by atoms with Crippen molar-refractivity contribution >= 4 is 22.3 Å². The molecule has 0 saturated carbocycles. The number of hydrogen-bond acceptors (Lipinski definition) is 1. The molecule has 0 aliphatic heterocycles. The van der Waals surface area contributed by atoms with Crippen molar-refractivity contribution < 1.29 is 9.18 Å². The van der Waals surface area contributed by atoms with Crippen LogP contribution in [0.15, 0.2) is 22.7 Å². The minimum atomic E-state index is -0.312. The Morgan fingerprint density at radius 1 is 1.58 bits per heavy atom. The zero-order chi connectivity index (χ0) is 8.97. The van der Waals surface area contributed by atoms with Crippen molar-refractivity contribution in [3.63, 3.8) is 0 Å². The van der Waals surface area contributed by atoms with Crippen LogP contribution >= 0.6 is 15.9 Å². The molecule has 64 valence electrons. The van der Waals surface area contributed by atoms with E-state index in [0.717, 1.165) is 4.47 Å². The summed E-state index contributed by atoms with van der Waals surface area (Å²) in [5, 5.41) is 2.39. The molecule has 0 aliphatic rings. The second-order valence-electron chi connectivity index (χ2n) is 2.23. The molecule has 1 N–H and O–H groups in total. The summed E-state index contributed by atoms with van der Waals surface area (Å²) in [5.74, 6) is -0.312. The second kappa shape index (κ2) is 4.21. The number of rotatable bonds is 3. The number of carbonyl (C=O) groups is 1. The number of amides is 1. The Morgan fingerprint density at radius 2 is 2.33 bits per heavy atom. The van der Waals surface area contributed by atoms with E-state index >= 15 is 0 Å². The number of hydrogen-bond donors (Lipinski definition) is 1. The fourth-order valence-electron chi connectivity index (χ4n) is 0.830. The van der Waals surface area contributed by atoms with Crippen LogP contribution in [0.2, 0.25) is 0 Å². The van der Waals surface area contributed by atoms with E-state index in [2.05, 4.69) is 21.2 Å². The van der Waals surface area contributed by atoms with Gasteiger partial charge in [-0.2, -0.15) is 0 Å². The van der Waals surface area contributed by atoms with Crippen LogP contribution in [0.4, 0.5) is 4.39 Å². The Balaban J connectivity index is 2.82. The molecular weight excluding hydrogens is 225 g/mol. The highest BCUT2D eigenvalue weighted by molar-refractivity contribution is 9.10. The molecule has 1 aromatic rings. The van der Waals surface area contributed by atoms with Crippen LogP contribution in [-0.2, 0) is 11.3 Å². The monoisotopic (exact) mass is 231 g/mol. The quantitative estimate of drug-likeness (QED) is 0.791. The first kappa shape index (κ1) is 9.19. The molecule has 0 spiro atoms. The minimum Gasteiger partial charge on any atom is -0.354 e. The van der Waals surface area contributed by atoms with Gasteiger partial charge in [0.2, 0.25) is 6.41 Å². The Kier molecular flexibility index (Phi) is 3.22. The summed E-state index contributed by atoms with van der Waals surface area (Å²) in [5.41, 5.74) is 0.469. The van der Waals surface area contributed by atoms with Crippen LogP contribution in [0.3, 0.4) is 0 Å². The minimum absolute atomic E-state index is 0.217. The first-order valence-electron chi connectivity index (χ1n) is 3.35. The highest BCUT2D eigenvalue weighted by atomic mass is 79.9. The lowest BCUT2D eigenvalue weighted by atomic mass is 10.2.